The molecule has 4 rings (SSSR count). The molecular formula is C24H29ClN4O3S. The fourth-order valence-electron chi connectivity index (χ4n) is 4.22. The molecule has 9 heteroatoms. The van der Waals surface area contributed by atoms with Gasteiger partial charge in [-0.05, 0) is 44.9 Å². The third-order valence-electron chi connectivity index (χ3n) is 5.95. The number of amidine groups is 1. The first-order chi connectivity index (χ1) is 15.8. The number of nitrogens with zero attached hydrogens (tertiary/aromatic N) is 4. The lowest BCUT2D eigenvalue weighted by atomic mass is 9.93. The monoisotopic (exact) mass is 488 g/mol. The normalized spacial score (nSPS) is 21.2. The van der Waals surface area contributed by atoms with Crippen molar-refractivity contribution in [2.75, 3.05) is 33.2 Å². The molecular weight excluding hydrogens is 460 g/mol. The van der Waals surface area contributed by atoms with Gasteiger partial charge in [-0.25, -0.2) is 9.79 Å². The average molecular weight is 489 g/mol. The van der Waals surface area contributed by atoms with Gasteiger partial charge in [-0.1, -0.05) is 41.6 Å². The Hall–Kier alpha value is -2.29. The van der Waals surface area contributed by atoms with Crippen LogP contribution in [0.2, 0.25) is 5.02 Å². The van der Waals surface area contributed by atoms with E-state index in [2.05, 4.69) is 11.9 Å². The molecule has 0 N–H and O–H groups in total. The summed E-state index contributed by atoms with van der Waals surface area (Å²) in [7, 11) is 2.06. The molecule has 1 saturated heterocycles. The van der Waals surface area contributed by atoms with Crippen molar-refractivity contribution in [2.24, 2.45) is 4.99 Å². The second-order valence-corrected chi connectivity index (χ2v) is 9.97. The molecule has 1 fully saturated rings. The van der Waals surface area contributed by atoms with Gasteiger partial charge in [-0.15, -0.1) is 0 Å². The zero-order valence-corrected chi connectivity index (χ0v) is 20.9. The van der Waals surface area contributed by atoms with Gasteiger partial charge in [-0.3, -0.25) is 4.79 Å². The van der Waals surface area contributed by atoms with E-state index in [0.717, 1.165) is 42.6 Å². The van der Waals surface area contributed by atoms with Crippen LogP contribution in [0.5, 0.6) is 0 Å². The first-order valence-electron chi connectivity index (χ1n) is 11.1. The van der Waals surface area contributed by atoms with Crippen LogP contribution in [0.1, 0.15) is 38.8 Å². The highest BCUT2D eigenvalue weighted by Gasteiger charge is 2.42. The number of carbonyl (C=O) groups excluding carboxylic acids is 2. The lowest BCUT2D eigenvalue weighted by Crippen LogP contribution is -2.47. The highest BCUT2D eigenvalue weighted by atomic mass is 35.5. The molecule has 0 aromatic heterocycles. The first kappa shape index (κ1) is 23.9. The Labute approximate surface area is 204 Å². The minimum absolute atomic E-state index is 0.0756. The number of fused-ring (bicyclic) bond motifs is 1. The molecule has 1 aromatic carbocycles. The van der Waals surface area contributed by atoms with Crippen molar-refractivity contribution < 1.29 is 14.3 Å². The van der Waals surface area contributed by atoms with Gasteiger partial charge in [-0.2, -0.15) is 0 Å². The van der Waals surface area contributed by atoms with Gasteiger partial charge in [0.05, 0.1) is 29.8 Å². The van der Waals surface area contributed by atoms with Gasteiger partial charge in [0, 0.05) is 36.9 Å². The van der Waals surface area contributed by atoms with E-state index in [1.54, 1.807) is 0 Å². The molecule has 1 amide bonds. The molecule has 1 unspecified atom stereocenters. The summed E-state index contributed by atoms with van der Waals surface area (Å²) in [4.78, 5) is 37.1. The van der Waals surface area contributed by atoms with Crippen LogP contribution in [0, 0.1) is 0 Å². The van der Waals surface area contributed by atoms with Crippen LogP contribution in [0.25, 0.3) is 0 Å². The number of rotatable bonds is 5. The summed E-state index contributed by atoms with van der Waals surface area (Å²) in [5, 5.41) is 3.24. The van der Waals surface area contributed by atoms with Gasteiger partial charge in [0.25, 0.3) is 0 Å². The van der Waals surface area contributed by atoms with Crippen LogP contribution >= 0.6 is 23.4 Å². The Morgan fingerprint density at radius 1 is 1.21 bits per heavy atom. The van der Waals surface area contributed by atoms with E-state index < -0.39 is 12.0 Å². The predicted molar refractivity (Wildman–Crippen MR) is 132 cm³/mol. The topological polar surface area (TPSA) is 65.5 Å². The third kappa shape index (κ3) is 4.98. The fourth-order valence-corrected chi connectivity index (χ4v) is 5.43. The molecule has 0 spiro atoms. The Kier molecular flexibility index (Phi) is 7.16. The summed E-state index contributed by atoms with van der Waals surface area (Å²) < 4.78 is 5.58. The molecule has 7 nitrogen and oxygen atoms in total. The number of hydrogen-bond acceptors (Lipinski definition) is 7. The molecule has 0 saturated carbocycles. The van der Waals surface area contributed by atoms with Gasteiger partial charge in [0.2, 0.25) is 5.91 Å². The molecule has 0 bridgehead atoms. The zero-order valence-electron chi connectivity index (χ0n) is 19.4. The SMILES string of the molecule is CC1=C(C(=O)OC(C)C)C(c2ccccc2Cl)N2C(CC(=O)N3CCN(C)CC3)=CSC2=N1. The molecule has 0 radical (unpaired) electrons. The maximum absolute atomic E-state index is 13.2. The van der Waals surface area contributed by atoms with Crippen molar-refractivity contribution in [3.05, 3.63) is 57.2 Å². The Bertz CT molecular complexity index is 1040. The van der Waals surface area contributed by atoms with Gasteiger partial charge in [0.1, 0.15) is 0 Å². The summed E-state index contributed by atoms with van der Waals surface area (Å²) in [5.41, 5.74) is 2.64. The van der Waals surface area contributed by atoms with Crippen molar-refractivity contribution in [3.63, 3.8) is 0 Å². The summed E-state index contributed by atoms with van der Waals surface area (Å²) in [6.07, 6.45) is -0.0285. The van der Waals surface area contributed by atoms with Crippen molar-refractivity contribution in [1.82, 2.24) is 14.7 Å². The number of likely N-dealkylation sites (N-methyl/N-ethyl adjacent to an activating group) is 1. The molecule has 0 aliphatic carbocycles. The maximum atomic E-state index is 13.2. The molecule has 3 heterocycles. The smallest absolute Gasteiger partial charge is 0.338 e. The number of esters is 1. The highest BCUT2D eigenvalue weighted by Crippen LogP contribution is 2.46. The van der Waals surface area contributed by atoms with Gasteiger partial charge >= 0.3 is 5.97 Å². The number of thioether (sulfide) groups is 1. The van der Waals surface area contributed by atoms with Crippen molar-refractivity contribution in [2.45, 2.75) is 39.3 Å². The van der Waals surface area contributed by atoms with Crippen LogP contribution < -0.4 is 0 Å². The summed E-state index contributed by atoms with van der Waals surface area (Å²) >= 11 is 8.08. The fraction of sp³-hybridized carbons (Fsp3) is 0.458. The molecule has 33 heavy (non-hydrogen) atoms. The summed E-state index contributed by atoms with van der Waals surface area (Å²) in [5.74, 6) is -0.344. The number of hydrogen-bond donors (Lipinski definition) is 0. The van der Waals surface area contributed by atoms with Crippen LogP contribution in [-0.4, -0.2) is 71.1 Å². The second-order valence-electron chi connectivity index (χ2n) is 8.73. The van der Waals surface area contributed by atoms with Crippen molar-refractivity contribution in [1.29, 1.82) is 0 Å². The van der Waals surface area contributed by atoms with E-state index in [1.807, 2.05) is 60.2 Å². The van der Waals surface area contributed by atoms with Crippen LogP contribution in [0.4, 0.5) is 0 Å². The zero-order chi connectivity index (χ0) is 23.7. The Balaban J connectivity index is 1.68. The Morgan fingerprint density at radius 2 is 1.91 bits per heavy atom. The number of aliphatic imine (C=N–C) groups is 1. The molecule has 1 atom stereocenters. The number of benzene rings is 1. The standard InChI is InChI=1S/C24H29ClN4O3S/c1-15(2)32-23(31)21-16(3)26-24-29(22(21)18-7-5-6-8-19(18)25)17(14-33-24)13-20(30)28-11-9-27(4)10-12-28/h5-8,14-15,22H,9-13H2,1-4H3. The number of carbonyl (C=O) groups is 2. The summed E-state index contributed by atoms with van der Waals surface area (Å²) in [6, 6.07) is 6.97. The van der Waals surface area contributed by atoms with Crippen LogP contribution in [-0.2, 0) is 14.3 Å². The minimum atomic E-state index is -0.515. The summed E-state index contributed by atoms with van der Waals surface area (Å²) in [6.45, 7) is 8.63. The maximum Gasteiger partial charge on any atom is 0.338 e. The third-order valence-corrected chi connectivity index (χ3v) is 7.18. The predicted octanol–water partition coefficient (Wildman–Crippen LogP) is 4.03. The number of halogens is 1. The van der Waals surface area contributed by atoms with E-state index in [-0.39, 0.29) is 18.4 Å². The molecule has 3 aliphatic rings. The van der Waals surface area contributed by atoms with Crippen LogP contribution in [0.15, 0.2) is 51.6 Å². The lowest BCUT2D eigenvalue weighted by molar-refractivity contribution is -0.143. The van der Waals surface area contributed by atoms with Crippen LogP contribution in [0.3, 0.4) is 0 Å². The lowest BCUT2D eigenvalue weighted by Gasteiger charge is -2.38. The number of allylic oxidation sites excluding steroid dienone is 1. The van der Waals surface area contributed by atoms with E-state index in [9.17, 15) is 9.59 Å². The van der Waals surface area contributed by atoms with E-state index >= 15 is 0 Å². The molecule has 176 valence electrons. The van der Waals surface area contributed by atoms with Gasteiger partial charge in [0.15, 0.2) is 5.17 Å². The minimum Gasteiger partial charge on any atom is -0.459 e. The van der Waals surface area contributed by atoms with E-state index in [1.165, 1.54) is 11.8 Å². The second kappa shape index (κ2) is 9.91. The largest absolute Gasteiger partial charge is 0.459 e. The number of piperazine rings is 1. The van der Waals surface area contributed by atoms with E-state index in [0.29, 0.717) is 16.3 Å². The molecule has 3 aliphatic heterocycles. The Morgan fingerprint density at radius 3 is 2.58 bits per heavy atom. The van der Waals surface area contributed by atoms with Crippen molar-refractivity contribution >= 4 is 40.4 Å². The quantitative estimate of drug-likeness (QED) is 0.583. The first-order valence-corrected chi connectivity index (χ1v) is 12.4. The number of amides is 1. The average Bonchev–Trinajstić information content (AvgIpc) is 3.15. The van der Waals surface area contributed by atoms with Crippen molar-refractivity contribution in [3.8, 4) is 0 Å². The van der Waals surface area contributed by atoms with E-state index in [4.69, 9.17) is 21.3 Å². The van der Waals surface area contributed by atoms with Gasteiger partial charge < -0.3 is 19.4 Å². The highest BCUT2D eigenvalue weighted by molar-refractivity contribution is 8.16. The number of ether oxygens (including phenoxy) is 1. The molecule has 1 aromatic rings.